The van der Waals surface area contributed by atoms with Crippen LogP contribution in [-0.2, 0) is 19.5 Å². The van der Waals surface area contributed by atoms with Gasteiger partial charge in [0.15, 0.2) is 5.79 Å². The van der Waals surface area contributed by atoms with Gasteiger partial charge in [-0.1, -0.05) is 18.2 Å². The average molecular weight is 361 g/mol. The predicted molar refractivity (Wildman–Crippen MR) is 82.4 cm³/mol. The highest BCUT2D eigenvalue weighted by Gasteiger charge is 2.39. The number of anilines is 1. The maximum Gasteiger partial charge on any atom is 0.387 e. The lowest BCUT2D eigenvalue weighted by atomic mass is 10.0. The summed E-state index contributed by atoms with van der Waals surface area (Å²) in [5.74, 6) is -1.06. The van der Waals surface area contributed by atoms with E-state index >= 15 is 0 Å². The van der Waals surface area contributed by atoms with Crippen molar-refractivity contribution in [1.82, 2.24) is 0 Å². The molecule has 1 saturated heterocycles. The minimum absolute atomic E-state index is 0.0279. The maximum absolute atomic E-state index is 12.5. The molecule has 132 valence electrons. The number of nitrogens with one attached hydrogen (secondary N) is 1. The Balaban J connectivity index is 1.75. The molecular formula is C15H17F2NO5S. The fourth-order valence-electron chi connectivity index (χ4n) is 2.73. The predicted octanol–water partition coefficient (Wildman–Crippen LogP) is 2.49. The van der Waals surface area contributed by atoms with Gasteiger partial charge in [-0.25, -0.2) is 8.42 Å². The van der Waals surface area contributed by atoms with Crippen LogP contribution >= 0.6 is 0 Å². The fourth-order valence-corrected chi connectivity index (χ4v) is 4.07. The first-order valence-corrected chi connectivity index (χ1v) is 8.98. The number of benzene rings is 1. The topological polar surface area (TPSA) is 73.9 Å². The first-order chi connectivity index (χ1) is 11.4. The lowest BCUT2D eigenvalue weighted by Crippen LogP contribution is -2.36. The van der Waals surface area contributed by atoms with Crippen molar-refractivity contribution < 1.29 is 31.4 Å². The zero-order valence-electron chi connectivity index (χ0n) is 12.7. The van der Waals surface area contributed by atoms with Crippen LogP contribution in [0.25, 0.3) is 0 Å². The van der Waals surface area contributed by atoms with E-state index in [1.807, 2.05) is 0 Å². The van der Waals surface area contributed by atoms with Crippen LogP contribution in [0.3, 0.4) is 0 Å². The second kappa shape index (κ2) is 6.66. The van der Waals surface area contributed by atoms with Gasteiger partial charge in [0.05, 0.1) is 24.2 Å². The van der Waals surface area contributed by atoms with Crippen molar-refractivity contribution >= 4 is 15.7 Å². The van der Waals surface area contributed by atoms with E-state index in [1.54, 1.807) is 6.08 Å². The first kappa shape index (κ1) is 17.1. The third-order valence-corrected chi connectivity index (χ3v) is 5.57. The minimum atomic E-state index is -3.81. The van der Waals surface area contributed by atoms with Gasteiger partial charge < -0.3 is 14.2 Å². The molecule has 0 aromatic heterocycles. The van der Waals surface area contributed by atoms with E-state index in [4.69, 9.17) is 9.47 Å². The normalized spacial score (nSPS) is 22.9. The van der Waals surface area contributed by atoms with Gasteiger partial charge in [-0.3, -0.25) is 4.72 Å². The van der Waals surface area contributed by atoms with E-state index in [1.165, 1.54) is 30.3 Å². The molecule has 0 radical (unpaired) electrons. The number of hydrogen-bond acceptors (Lipinski definition) is 5. The zero-order valence-corrected chi connectivity index (χ0v) is 13.5. The summed E-state index contributed by atoms with van der Waals surface area (Å²) in [6.07, 6.45) is 3.82. The second-order valence-electron chi connectivity index (χ2n) is 5.47. The molecule has 1 unspecified atom stereocenters. The molecule has 2 aliphatic rings. The molecule has 6 nitrogen and oxygen atoms in total. The van der Waals surface area contributed by atoms with Crippen molar-refractivity contribution in [1.29, 1.82) is 0 Å². The maximum atomic E-state index is 12.5. The molecule has 1 aliphatic heterocycles. The van der Waals surface area contributed by atoms with Crippen LogP contribution in [0, 0.1) is 0 Å². The van der Waals surface area contributed by atoms with E-state index in [9.17, 15) is 17.2 Å². The highest BCUT2D eigenvalue weighted by atomic mass is 32.2. The number of hydrogen-bond donors (Lipinski definition) is 1. The van der Waals surface area contributed by atoms with Gasteiger partial charge in [0, 0.05) is 6.42 Å². The molecule has 1 spiro atoms. The number of ether oxygens (including phenoxy) is 3. The Morgan fingerprint density at radius 2 is 1.96 bits per heavy atom. The Kier molecular flexibility index (Phi) is 4.75. The number of rotatable bonds is 5. The Morgan fingerprint density at radius 3 is 2.58 bits per heavy atom. The van der Waals surface area contributed by atoms with Gasteiger partial charge in [-0.05, 0) is 24.6 Å². The van der Waals surface area contributed by atoms with E-state index in [2.05, 4.69) is 9.46 Å². The quantitative estimate of drug-likeness (QED) is 0.816. The van der Waals surface area contributed by atoms with Crippen molar-refractivity contribution in [3.05, 3.63) is 36.4 Å². The molecule has 1 fully saturated rings. The molecule has 1 aliphatic carbocycles. The van der Waals surface area contributed by atoms with E-state index < -0.39 is 27.7 Å². The molecule has 1 atom stereocenters. The molecule has 0 amide bonds. The third kappa shape index (κ3) is 3.68. The summed E-state index contributed by atoms with van der Waals surface area (Å²) in [5.41, 5.74) is -0.0279. The Labute approximate surface area is 138 Å². The molecule has 1 aromatic carbocycles. The second-order valence-corrected chi connectivity index (χ2v) is 7.37. The summed E-state index contributed by atoms with van der Waals surface area (Å²) in [4.78, 5) is 0. The summed E-state index contributed by atoms with van der Waals surface area (Å²) < 4.78 is 67.5. The van der Waals surface area contributed by atoms with E-state index in [0.717, 1.165) is 0 Å². The Bertz CT molecular complexity index is 716. The lowest BCUT2D eigenvalue weighted by Gasteiger charge is -2.30. The smallest absolute Gasteiger partial charge is 0.387 e. The van der Waals surface area contributed by atoms with Crippen LogP contribution in [0.1, 0.15) is 12.8 Å². The molecule has 0 saturated carbocycles. The minimum Gasteiger partial charge on any atom is -0.433 e. The standard InChI is InChI=1S/C15H17F2NO5S/c16-14(17)23-13-4-2-1-3-12(13)18-24(19,20)11-5-7-15(8-6-11)21-9-10-22-15/h1-5,7,11,14,18H,6,8-10H2. The van der Waals surface area contributed by atoms with Crippen molar-refractivity contribution in [2.24, 2.45) is 0 Å². The highest BCUT2D eigenvalue weighted by Crippen LogP contribution is 2.34. The summed E-state index contributed by atoms with van der Waals surface area (Å²) in [5, 5.41) is -0.810. The summed E-state index contributed by atoms with van der Waals surface area (Å²) >= 11 is 0. The first-order valence-electron chi connectivity index (χ1n) is 7.43. The SMILES string of the molecule is O=S(=O)(Nc1ccccc1OC(F)F)C1C=CC2(CC1)OCCO2. The van der Waals surface area contributed by atoms with Crippen LogP contribution < -0.4 is 9.46 Å². The van der Waals surface area contributed by atoms with Gasteiger partial charge in [-0.2, -0.15) is 8.78 Å². The molecule has 1 aromatic rings. The molecule has 24 heavy (non-hydrogen) atoms. The lowest BCUT2D eigenvalue weighted by molar-refractivity contribution is -0.124. The largest absolute Gasteiger partial charge is 0.433 e. The van der Waals surface area contributed by atoms with Gasteiger partial charge >= 0.3 is 6.61 Å². The van der Waals surface area contributed by atoms with Crippen LogP contribution in [0.4, 0.5) is 14.5 Å². The summed E-state index contributed by atoms with van der Waals surface area (Å²) in [6.45, 7) is -2.10. The van der Waals surface area contributed by atoms with Gasteiger partial charge in [0.1, 0.15) is 5.75 Å². The molecule has 1 N–H and O–H groups in total. The molecular weight excluding hydrogens is 344 g/mol. The Morgan fingerprint density at radius 1 is 1.25 bits per heavy atom. The summed E-state index contributed by atoms with van der Waals surface area (Å²) in [7, 11) is -3.81. The van der Waals surface area contributed by atoms with Crippen LogP contribution in [-0.4, -0.2) is 39.3 Å². The fraction of sp³-hybridized carbons (Fsp3) is 0.467. The molecule has 0 bridgehead atoms. The highest BCUT2D eigenvalue weighted by molar-refractivity contribution is 7.93. The Hall–Kier alpha value is -1.71. The van der Waals surface area contributed by atoms with Gasteiger partial charge in [-0.15, -0.1) is 0 Å². The van der Waals surface area contributed by atoms with Crippen LogP contribution in [0.5, 0.6) is 5.75 Å². The van der Waals surface area contributed by atoms with Crippen LogP contribution in [0.2, 0.25) is 0 Å². The molecule has 9 heteroatoms. The average Bonchev–Trinajstić information content (AvgIpc) is 2.97. The van der Waals surface area contributed by atoms with Gasteiger partial charge in [0.2, 0.25) is 10.0 Å². The van der Waals surface area contributed by atoms with Crippen molar-refractivity contribution in [3.63, 3.8) is 0 Å². The number of halogens is 2. The number of para-hydroxylation sites is 2. The zero-order chi connectivity index (χ0) is 17.2. The molecule has 1 heterocycles. The van der Waals surface area contributed by atoms with E-state index in [0.29, 0.717) is 26.1 Å². The summed E-state index contributed by atoms with van der Waals surface area (Å²) in [6, 6.07) is 5.65. The van der Waals surface area contributed by atoms with Crippen molar-refractivity contribution in [2.45, 2.75) is 30.5 Å². The number of sulfonamides is 1. The monoisotopic (exact) mass is 361 g/mol. The molecule has 3 rings (SSSR count). The van der Waals surface area contributed by atoms with Gasteiger partial charge in [0.25, 0.3) is 0 Å². The van der Waals surface area contributed by atoms with E-state index in [-0.39, 0.29) is 11.4 Å². The third-order valence-electron chi connectivity index (χ3n) is 3.87. The van der Waals surface area contributed by atoms with Crippen LogP contribution in [0.15, 0.2) is 36.4 Å². The number of alkyl halides is 2. The van der Waals surface area contributed by atoms with Crippen molar-refractivity contribution in [2.75, 3.05) is 17.9 Å². The van der Waals surface area contributed by atoms with Crippen molar-refractivity contribution in [3.8, 4) is 5.75 Å².